The van der Waals surface area contributed by atoms with Crippen LogP contribution in [0.3, 0.4) is 0 Å². The summed E-state index contributed by atoms with van der Waals surface area (Å²) in [6, 6.07) is 0.289. The summed E-state index contributed by atoms with van der Waals surface area (Å²) >= 11 is 1.88. The highest BCUT2D eigenvalue weighted by Gasteiger charge is 2.34. The van der Waals surface area contributed by atoms with Crippen molar-refractivity contribution in [3.8, 4) is 0 Å². The predicted molar refractivity (Wildman–Crippen MR) is 82.8 cm³/mol. The molecule has 112 valence electrons. The molecule has 1 saturated carbocycles. The summed E-state index contributed by atoms with van der Waals surface area (Å²) in [5.41, 5.74) is 6.41. The molecule has 2 heterocycles. The molecule has 20 heavy (non-hydrogen) atoms. The average Bonchev–Trinajstić information content (AvgIpc) is 2.62. The Morgan fingerprint density at radius 2 is 2.00 bits per heavy atom. The van der Waals surface area contributed by atoms with Gasteiger partial charge in [-0.2, -0.15) is 0 Å². The van der Waals surface area contributed by atoms with E-state index in [1.165, 1.54) is 31.5 Å². The number of thioether (sulfide) groups is 1. The Labute approximate surface area is 125 Å². The molecule has 5 heteroatoms. The highest BCUT2D eigenvalue weighted by Crippen LogP contribution is 2.38. The summed E-state index contributed by atoms with van der Waals surface area (Å²) in [4.78, 5) is 0. The van der Waals surface area contributed by atoms with Gasteiger partial charge in [0.05, 0.1) is 0 Å². The lowest BCUT2D eigenvalue weighted by Gasteiger charge is -2.36. The van der Waals surface area contributed by atoms with E-state index in [4.69, 9.17) is 5.73 Å². The molecule has 4 atom stereocenters. The van der Waals surface area contributed by atoms with Gasteiger partial charge in [-0.3, -0.25) is 0 Å². The first kappa shape index (κ1) is 14.4. The van der Waals surface area contributed by atoms with Gasteiger partial charge in [0.25, 0.3) is 0 Å². The zero-order valence-electron chi connectivity index (χ0n) is 12.6. The number of fused-ring (bicyclic) bond motifs is 1. The Morgan fingerprint density at radius 1 is 1.15 bits per heavy atom. The van der Waals surface area contributed by atoms with E-state index in [1.54, 1.807) is 0 Å². The van der Waals surface area contributed by atoms with Gasteiger partial charge < -0.3 is 10.3 Å². The topological polar surface area (TPSA) is 56.7 Å². The Morgan fingerprint density at radius 3 is 2.80 bits per heavy atom. The number of hydrogen-bond acceptors (Lipinski definition) is 4. The van der Waals surface area contributed by atoms with Gasteiger partial charge in [0.2, 0.25) is 0 Å². The SMILES string of the molecule is CC1CC(C)C(Sc2nnc3n2CCCCC3)C(N)C1. The molecular weight excluding hydrogens is 268 g/mol. The number of nitrogens with two attached hydrogens (primary N) is 1. The first-order valence-corrected chi connectivity index (χ1v) is 8.87. The third-order valence-electron chi connectivity index (χ3n) is 4.75. The highest BCUT2D eigenvalue weighted by atomic mass is 32.2. The number of nitrogens with zero attached hydrogens (tertiary/aromatic N) is 3. The van der Waals surface area contributed by atoms with Crippen LogP contribution >= 0.6 is 11.8 Å². The Hall–Kier alpha value is -0.550. The molecule has 0 bridgehead atoms. The van der Waals surface area contributed by atoms with E-state index >= 15 is 0 Å². The van der Waals surface area contributed by atoms with Gasteiger partial charge in [-0.05, 0) is 37.5 Å². The molecule has 4 nitrogen and oxygen atoms in total. The normalized spacial score (nSPS) is 34.5. The molecule has 1 fully saturated rings. The van der Waals surface area contributed by atoms with E-state index < -0.39 is 0 Å². The van der Waals surface area contributed by atoms with Crippen molar-refractivity contribution in [3.05, 3.63) is 5.82 Å². The summed E-state index contributed by atoms with van der Waals surface area (Å²) in [7, 11) is 0. The largest absolute Gasteiger partial charge is 0.327 e. The molecule has 0 amide bonds. The van der Waals surface area contributed by atoms with Gasteiger partial charge >= 0.3 is 0 Å². The maximum atomic E-state index is 6.41. The van der Waals surface area contributed by atoms with Crippen LogP contribution < -0.4 is 5.73 Å². The molecule has 0 aromatic carbocycles. The second-order valence-corrected chi connectivity index (χ2v) is 7.81. The van der Waals surface area contributed by atoms with Crippen molar-refractivity contribution in [1.29, 1.82) is 0 Å². The van der Waals surface area contributed by atoms with Crippen LogP contribution in [0.25, 0.3) is 0 Å². The smallest absolute Gasteiger partial charge is 0.191 e. The molecule has 2 aliphatic rings. The Kier molecular flexibility index (Phi) is 4.36. The predicted octanol–water partition coefficient (Wildman–Crippen LogP) is 2.86. The van der Waals surface area contributed by atoms with E-state index in [0.717, 1.165) is 30.5 Å². The fourth-order valence-electron chi connectivity index (χ4n) is 3.76. The van der Waals surface area contributed by atoms with Crippen molar-refractivity contribution >= 4 is 11.8 Å². The molecule has 0 saturated heterocycles. The van der Waals surface area contributed by atoms with E-state index in [0.29, 0.717) is 11.2 Å². The first-order chi connectivity index (χ1) is 9.65. The van der Waals surface area contributed by atoms with Crippen molar-refractivity contribution in [2.75, 3.05) is 0 Å². The van der Waals surface area contributed by atoms with Gasteiger partial charge in [0.1, 0.15) is 5.82 Å². The fourth-order valence-corrected chi connectivity index (χ4v) is 5.04. The van der Waals surface area contributed by atoms with Gasteiger partial charge in [0.15, 0.2) is 5.16 Å². The second kappa shape index (κ2) is 6.06. The van der Waals surface area contributed by atoms with Gasteiger partial charge in [0, 0.05) is 24.3 Å². The third kappa shape index (κ3) is 2.89. The van der Waals surface area contributed by atoms with Gasteiger partial charge in [-0.1, -0.05) is 32.0 Å². The van der Waals surface area contributed by atoms with Crippen molar-refractivity contribution in [3.63, 3.8) is 0 Å². The maximum absolute atomic E-state index is 6.41. The van der Waals surface area contributed by atoms with Crippen LogP contribution in [0.1, 0.15) is 51.8 Å². The van der Waals surface area contributed by atoms with Crippen LogP contribution in [0.5, 0.6) is 0 Å². The minimum absolute atomic E-state index is 0.289. The summed E-state index contributed by atoms with van der Waals surface area (Å²) in [5, 5.41) is 10.4. The van der Waals surface area contributed by atoms with Crippen LogP contribution in [0, 0.1) is 11.8 Å². The summed E-state index contributed by atoms with van der Waals surface area (Å²) in [6.07, 6.45) is 7.32. The summed E-state index contributed by atoms with van der Waals surface area (Å²) in [6.45, 7) is 5.74. The molecule has 1 aliphatic heterocycles. The van der Waals surface area contributed by atoms with Gasteiger partial charge in [-0.25, -0.2) is 0 Å². The van der Waals surface area contributed by atoms with E-state index in [9.17, 15) is 0 Å². The molecule has 4 unspecified atom stereocenters. The third-order valence-corrected chi connectivity index (χ3v) is 6.35. The minimum Gasteiger partial charge on any atom is -0.327 e. The summed E-state index contributed by atoms with van der Waals surface area (Å²) < 4.78 is 2.34. The maximum Gasteiger partial charge on any atom is 0.191 e. The van der Waals surface area contributed by atoms with Gasteiger partial charge in [-0.15, -0.1) is 10.2 Å². The second-order valence-electron chi connectivity index (χ2n) is 6.66. The van der Waals surface area contributed by atoms with Crippen LogP contribution in [0.2, 0.25) is 0 Å². The number of hydrogen-bond donors (Lipinski definition) is 1. The number of rotatable bonds is 2. The average molecular weight is 294 g/mol. The monoisotopic (exact) mass is 294 g/mol. The molecule has 1 aromatic heterocycles. The van der Waals surface area contributed by atoms with Crippen LogP contribution in [-0.4, -0.2) is 26.1 Å². The standard InChI is InChI=1S/C15H26N4S/c1-10-8-11(2)14(12(16)9-10)20-15-18-17-13-6-4-3-5-7-19(13)15/h10-12,14H,3-9,16H2,1-2H3. The van der Waals surface area contributed by atoms with Crippen LogP contribution in [-0.2, 0) is 13.0 Å². The molecule has 1 aliphatic carbocycles. The Bertz CT molecular complexity index is 447. The quantitative estimate of drug-likeness (QED) is 0.911. The molecule has 0 radical (unpaired) electrons. The van der Waals surface area contributed by atoms with Crippen LogP contribution in [0.15, 0.2) is 5.16 Å². The van der Waals surface area contributed by atoms with Crippen LogP contribution in [0.4, 0.5) is 0 Å². The Balaban J connectivity index is 1.76. The van der Waals surface area contributed by atoms with Crippen molar-refractivity contribution < 1.29 is 0 Å². The lowest BCUT2D eigenvalue weighted by molar-refractivity contribution is 0.279. The number of aromatic nitrogens is 3. The molecule has 0 spiro atoms. The molecular formula is C15H26N4S. The highest BCUT2D eigenvalue weighted by molar-refractivity contribution is 7.99. The van der Waals surface area contributed by atoms with E-state index in [1.807, 2.05) is 11.8 Å². The van der Waals surface area contributed by atoms with E-state index in [-0.39, 0.29) is 6.04 Å². The minimum atomic E-state index is 0.289. The zero-order chi connectivity index (χ0) is 14.1. The lowest BCUT2D eigenvalue weighted by Crippen LogP contribution is -2.43. The van der Waals surface area contributed by atoms with Crippen molar-refractivity contribution in [2.24, 2.45) is 17.6 Å². The lowest BCUT2D eigenvalue weighted by atomic mass is 9.80. The fraction of sp³-hybridized carbons (Fsp3) is 0.867. The number of aryl methyl sites for hydroxylation is 1. The van der Waals surface area contributed by atoms with Crippen molar-refractivity contribution in [2.45, 2.75) is 75.4 Å². The first-order valence-electron chi connectivity index (χ1n) is 7.99. The van der Waals surface area contributed by atoms with Crippen molar-refractivity contribution in [1.82, 2.24) is 14.8 Å². The zero-order valence-corrected chi connectivity index (χ0v) is 13.4. The molecule has 2 N–H and O–H groups in total. The molecule has 1 aromatic rings. The van der Waals surface area contributed by atoms with E-state index in [2.05, 4.69) is 28.6 Å². The summed E-state index contributed by atoms with van der Waals surface area (Å²) in [5.74, 6) is 2.60. The molecule has 3 rings (SSSR count).